The lowest BCUT2D eigenvalue weighted by molar-refractivity contribution is -0.157. The molecule has 3 aliphatic carbocycles. The standard InChI is InChI=1S/C44H48F5N3O7/c1-42(2,3)58-40(55)36(52-41(56)59-43(4,5)6)24-10-15-32(45)28(20-24)23-11-17-34(57-7)30(19-23)38(53)51-37-27-14-13-26(29(27)18-22-8-9-22)35(37)39(54)50-25-12-16-33(46)31(21-25)44(47,48)49/h10-12,15-22,26-27,35-37H,8-9,13-14H2,1-7H3,(H,50,54)(H,51,53)(H,52,56)/b29-18-/t26-,27+,35-,36?,37+/m0/s1. The highest BCUT2D eigenvalue weighted by Crippen LogP contribution is 2.54. The minimum atomic E-state index is -4.98. The topological polar surface area (TPSA) is 132 Å². The molecule has 3 aromatic rings. The quantitative estimate of drug-likeness (QED) is 0.106. The highest BCUT2D eigenvalue weighted by molar-refractivity contribution is 6.00. The molecule has 3 saturated carbocycles. The van der Waals surface area contributed by atoms with E-state index in [9.17, 15) is 36.7 Å². The highest BCUT2D eigenvalue weighted by Gasteiger charge is 2.55. The van der Waals surface area contributed by atoms with Crippen molar-refractivity contribution in [3.8, 4) is 16.9 Å². The predicted octanol–water partition coefficient (Wildman–Crippen LogP) is 9.30. The number of anilines is 1. The Morgan fingerprint density at radius 3 is 2.08 bits per heavy atom. The number of ether oxygens (including phenoxy) is 3. The van der Waals surface area contributed by atoms with E-state index in [1.54, 1.807) is 41.5 Å². The molecule has 59 heavy (non-hydrogen) atoms. The van der Waals surface area contributed by atoms with Gasteiger partial charge in [-0.3, -0.25) is 9.59 Å². The van der Waals surface area contributed by atoms with Crippen molar-refractivity contribution in [2.45, 2.75) is 96.7 Å². The zero-order valence-electron chi connectivity index (χ0n) is 33.8. The van der Waals surface area contributed by atoms with Crippen LogP contribution in [0.25, 0.3) is 11.1 Å². The molecule has 0 aliphatic heterocycles. The summed E-state index contributed by atoms with van der Waals surface area (Å²) in [4.78, 5) is 54.5. The molecule has 3 N–H and O–H groups in total. The van der Waals surface area contributed by atoms with Gasteiger partial charge in [-0.1, -0.05) is 23.8 Å². The molecule has 2 bridgehead atoms. The molecule has 0 heterocycles. The Bertz CT molecular complexity index is 2170. The van der Waals surface area contributed by atoms with Crippen LogP contribution in [-0.4, -0.2) is 48.2 Å². The number of amides is 3. The number of carbonyl (C=O) groups is 4. The summed E-state index contributed by atoms with van der Waals surface area (Å²) < 4.78 is 86.8. The van der Waals surface area contributed by atoms with E-state index in [4.69, 9.17) is 14.2 Å². The zero-order chi connectivity index (χ0) is 43.2. The first-order valence-corrected chi connectivity index (χ1v) is 19.4. The largest absolute Gasteiger partial charge is 0.496 e. The van der Waals surface area contributed by atoms with E-state index in [1.165, 1.54) is 37.4 Å². The third kappa shape index (κ3) is 10.0. The summed E-state index contributed by atoms with van der Waals surface area (Å²) in [5.74, 6) is -5.19. The first-order chi connectivity index (χ1) is 27.5. The summed E-state index contributed by atoms with van der Waals surface area (Å²) in [5, 5.41) is 8.07. The van der Waals surface area contributed by atoms with E-state index in [-0.39, 0.29) is 45.5 Å². The lowest BCUT2D eigenvalue weighted by Gasteiger charge is -2.30. The average molecular weight is 826 g/mol. The third-order valence-corrected chi connectivity index (χ3v) is 10.5. The fraction of sp³-hybridized carbons (Fsp3) is 0.455. The molecule has 6 rings (SSSR count). The second kappa shape index (κ2) is 16.3. The number of carbonyl (C=O) groups excluding carboxylic acids is 4. The van der Waals surface area contributed by atoms with Crippen molar-refractivity contribution in [1.29, 1.82) is 0 Å². The van der Waals surface area contributed by atoms with Gasteiger partial charge in [0, 0.05) is 23.2 Å². The van der Waals surface area contributed by atoms with Crippen LogP contribution in [0.3, 0.4) is 0 Å². The molecule has 3 fully saturated rings. The van der Waals surface area contributed by atoms with Crippen molar-refractivity contribution < 1.29 is 55.3 Å². The van der Waals surface area contributed by atoms with Crippen molar-refractivity contribution in [1.82, 2.24) is 10.6 Å². The van der Waals surface area contributed by atoms with Gasteiger partial charge >= 0.3 is 18.2 Å². The van der Waals surface area contributed by atoms with Crippen molar-refractivity contribution in [3.63, 3.8) is 0 Å². The number of nitrogens with one attached hydrogen (secondary N) is 3. The normalized spacial score (nSPS) is 21.5. The molecule has 10 nitrogen and oxygen atoms in total. The van der Waals surface area contributed by atoms with Gasteiger partial charge in [-0.25, -0.2) is 18.4 Å². The molecule has 3 aliphatic rings. The van der Waals surface area contributed by atoms with Crippen LogP contribution in [0.2, 0.25) is 0 Å². The SMILES string of the molecule is COc1ccc(-c2cc(C(NC(=O)OC(C)(C)C)C(=O)OC(C)(C)C)ccc2F)cc1C(=O)N[C@H]1[C@@H](C(=O)Nc2ccc(F)c(C(F)(F)F)c2)[C@H]2CC[C@@H]1/C2=C\C1CC1. The minimum Gasteiger partial charge on any atom is -0.496 e. The van der Waals surface area contributed by atoms with E-state index in [2.05, 4.69) is 22.0 Å². The summed E-state index contributed by atoms with van der Waals surface area (Å²) in [6.45, 7) is 9.93. The van der Waals surface area contributed by atoms with E-state index in [1.807, 2.05) is 0 Å². The van der Waals surface area contributed by atoms with Crippen LogP contribution in [0.5, 0.6) is 5.75 Å². The van der Waals surface area contributed by atoms with Crippen LogP contribution in [0.15, 0.2) is 66.2 Å². The van der Waals surface area contributed by atoms with Crippen LogP contribution in [0, 0.1) is 35.3 Å². The van der Waals surface area contributed by atoms with Crippen LogP contribution in [0.1, 0.15) is 94.8 Å². The molecule has 0 radical (unpaired) electrons. The van der Waals surface area contributed by atoms with E-state index in [0.717, 1.165) is 30.5 Å². The lowest BCUT2D eigenvalue weighted by atomic mass is 9.83. The van der Waals surface area contributed by atoms with Gasteiger partial charge in [-0.15, -0.1) is 0 Å². The van der Waals surface area contributed by atoms with Crippen molar-refractivity contribution >= 4 is 29.6 Å². The van der Waals surface area contributed by atoms with E-state index < -0.39 is 76.5 Å². The molecule has 1 unspecified atom stereocenters. The number of allylic oxidation sites excluding steroid dienone is 1. The van der Waals surface area contributed by atoms with Gasteiger partial charge in [0.1, 0.15) is 28.6 Å². The van der Waals surface area contributed by atoms with Crippen LogP contribution in [0.4, 0.5) is 32.4 Å². The molecule has 0 spiro atoms. The Labute approximate surface area is 339 Å². The zero-order valence-corrected chi connectivity index (χ0v) is 33.8. The van der Waals surface area contributed by atoms with Crippen molar-refractivity contribution in [3.05, 3.63) is 94.6 Å². The van der Waals surface area contributed by atoms with Crippen molar-refractivity contribution in [2.24, 2.45) is 23.7 Å². The Morgan fingerprint density at radius 2 is 1.46 bits per heavy atom. The maximum absolute atomic E-state index is 15.7. The lowest BCUT2D eigenvalue weighted by Crippen LogP contribution is -2.48. The number of fused-ring (bicyclic) bond motifs is 2. The van der Waals surface area contributed by atoms with Gasteiger partial charge < -0.3 is 30.2 Å². The molecule has 5 atom stereocenters. The number of hydrogen-bond acceptors (Lipinski definition) is 7. The molecular formula is C44H48F5N3O7. The van der Waals surface area contributed by atoms with Crippen LogP contribution in [-0.2, 0) is 25.2 Å². The summed E-state index contributed by atoms with van der Waals surface area (Å²) in [6, 6.07) is 8.26. The highest BCUT2D eigenvalue weighted by atomic mass is 19.4. The molecule has 15 heteroatoms. The number of methoxy groups -OCH3 is 1. The number of esters is 1. The molecular weight excluding hydrogens is 777 g/mol. The van der Waals surface area contributed by atoms with Gasteiger partial charge in [-0.2, -0.15) is 13.2 Å². The Balaban J connectivity index is 1.31. The number of halogens is 5. The van der Waals surface area contributed by atoms with Crippen LogP contribution < -0.4 is 20.7 Å². The van der Waals surface area contributed by atoms with Gasteiger partial charge in [0.15, 0.2) is 6.04 Å². The molecule has 0 saturated heterocycles. The summed E-state index contributed by atoms with van der Waals surface area (Å²) in [5.41, 5.74) is -2.22. The number of hydrogen-bond donors (Lipinski definition) is 3. The third-order valence-electron chi connectivity index (χ3n) is 10.5. The predicted molar refractivity (Wildman–Crippen MR) is 208 cm³/mol. The fourth-order valence-electron chi connectivity index (χ4n) is 7.90. The monoisotopic (exact) mass is 825 g/mol. The fourth-order valence-corrected chi connectivity index (χ4v) is 7.90. The Kier molecular flexibility index (Phi) is 11.9. The first-order valence-electron chi connectivity index (χ1n) is 19.4. The minimum absolute atomic E-state index is 0.00613. The van der Waals surface area contributed by atoms with Gasteiger partial charge in [-0.05, 0) is 133 Å². The van der Waals surface area contributed by atoms with Gasteiger partial charge in [0.25, 0.3) is 5.91 Å². The molecule has 3 aromatic carbocycles. The number of alkyl carbamates (subject to hydrolysis) is 1. The van der Waals surface area contributed by atoms with Crippen molar-refractivity contribution in [2.75, 3.05) is 12.4 Å². The first kappa shape index (κ1) is 43.1. The summed E-state index contributed by atoms with van der Waals surface area (Å²) in [7, 11) is 1.35. The second-order valence-electron chi connectivity index (χ2n) is 17.3. The summed E-state index contributed by atoms with van der Waals surface area (Å²) in [6.07, 6.45) is -0.469. The van der Waals surface area contributed by atoms with E-state index >= 15 is 4.39 Å². The average Bonchev–Trinajstić information content (AvgIpc) is 3.81. The number of benzene rings is 3. The Hall–Kier alpha value is -5.47. The number of rotatable bonds is 10. The second-order valence-corrected chi connectivity index (χ2v) is 17.3. The van der Waals surface area contributed by atoms with E-state index in [0.29, 0.717) is 30.9 Å². The maximum Gasteiger partial charge on any atom is 0.419 e. The number of alkyl halides is 3. The summed E-state index contributed by atoms with van der Waals surface area (Å²) >= 11 is 0. The van der Waals surface area contributed by atoms with Gasteiger partial charge in [0.05, 0.1) is 24.2 Å². The molecule has 316 valence electrons. The van der Waals surface area contributed by atoms with Crippen LogP contribution >= 0.6 is 0 Å². The maximum atomic E-state index is 15.7. The smallest absolute Gasteiger partial charge is 0.419 e. The van der Waals surface area contributed by atoms with Gasteiger partial charge in [0.2, 0.25) is 5.91 Å². The molecule has 3 amide bonds. The Morgan fingerprint density at radius 1 is 0.797 bits per heavy atom. The molecule has 0 aromatic heterocycles.